The van der Waals surface area contributed by atoms with E-state index in [2.05, 4.69) is 10.1 Å². The summed E-state index contributed by atoms with van der Waals surface area (Å²) >= 11 is 1.25. The van der Waals surface area contributed by atoms with Gasteiger partial charge in [-0.3, -0.25) is 18.8 Å². The molecular weight excluding hydrogens is 528 g/mol. The second-order valence-corrected chi connectivity index (χ2v) is 10.3. The molecule has 0 saturated carbocycles. The number of piperidine rings is 1. The van der Waals surface area contributed by atoms with E-state index in [4.69, 9.17) is 4.74 Å². The number of fused-ring (bicyclic) bond motifs is 1. The van der Waals surface area contributed by atoms with Crippen molar-refractivity contribution in [3.63, 3.8) is 0 Å². The molecule has 1 unspecified atom stereocenters. The van der Waals surface area contributed by atoms with Gasteiger partial charge in [-0.2, -0.15) is 5.10 Å². The van der Waals surface area contributed by atoms with Crippen molar-refractivity contribution >= 4 is 28.2 Å². The number of halogens is 2. The van der Waals surface area contributed by atoms with E-state index in [0.29, 0.717) is 41.4 Å². The van der Waals surface area contributed by atoms with Crippen LogP contribution < -0.4 is 5.56 Å². The lowest BCUT2D eigenvalue weighted by Gasteiger charge is -2.31. The number of nitrogens with zero attached hydrogens (tertiary/aromatic N) is 5. The van der Waals surface area contributed by atoms with Gasteiger partial charge >= 0.3 is 5.97 Å². The van der Waals surface area contributed by atoms with Gasteiger partial charge in [0.1, 0.15) is 23.0 Å². The smallest absolute Gasteiger partial charge is 0.310 e. The van der Waals surface area contributed by atoms with E-state index in [1.54, 1.807) is 37.1 Å². The van der Waals surface area contributed by atoms with Gasteiger partial charge in [0, 0.05) is 35.9 Å². The molecule has 4 aromatic rings. The molecular formula is C27H27F2N5O4S. The number of ether oxygens (including phenoxy) is 1. The topological polar surface area (TPSA) is 98.8 Å². The number of aryl methyl sites for hydroxylation is 2. The molecule has 1 amide bonds. The highest BCUT2D eigenvalue weighted by atomic mass is 32.1. The number of carbonyl (C=O) groups excluding carboxylic acids is 2. The minimum Gasteiger partial charge on any atom is -0.466 e. The van der Waals surface area contributed by atoms with E-state index in [0.717, 1.165) is 18.2 Å². The molecule has 1 aromatic carbocycles. The number of aromatic nitrogens is 4. The summed E-state index contributed by atoms with van der Waals surface area (Å²) in [4.78, 5) is 45.8. The number of benzene rings is 1. The Morgan fingerprint density at radius 2 is 2.00 bits per heavy atom. The summed E-state index contributed by atoms with van der Waals surface area (Å²) in [6.07, 6.45) is 1.32. The predicted molar refractivity (Wildman–Crippen MR) is 141 cm³/mol. The first kappa shape index (κ1) is 26.7. The van der Waals surface area contributed by atoms with Crippen molar-refractivity contribution in [1.82, 2.24) is 24.1 Å². The molecule has 9 nitrogen and oxygen atoms in total. The summed E-state index contributed by atoms with van der Waals surface area (Å²) in [5, 5.41) is 6.14. The Kier molecular flexibility index (Phi) is 7.30. The Hall–Kier alpha value is -3.93. The number of likely N-dealkylation sites (tertiary alicyclic amines) is 1. The van der Waals surface area contributed by atoms with Gasteiger partial charge in [0.05, 0.1) is 30.2 Å². The lowest BCUT2D eigenvalue weighted by Crippen LogP contribution is -2.43. The van der Waals surface area contributed by atoms with Crippen LogP contribution in [0.3, 0.4) is 0 Å². The molecule has 1 atom stereocenters. The Labute approximate surface area is 226 Å². The molecule has 0 N–H and O–H groups in total. The zero-order valence-corrected chi connectivity index (χ0v) is 22.6. The standard InChI is InChI=1S/C27H27F2N5O4S/c1-4-38-26(37)17-6-5-9-32(13-17)23(35)12-19-14-39-27-30-16(3)24(25(36)33(19)27)21-10-15(2)34(31-21)22-11-18(28)7-8-20(22)29/h7-8,10-11,14,17H,4-6,9,12-13H2,1-3H3. The first-order valence-corrected chi connectivity index (χ1v) is 13.5. The minimum absolute atomic E-state index is 0.0401. The van der Waals surface area contributed by atoms with Crippen LogP contribution in [0.25, 0.3) is 21.9 Å². The van der Waals surface area contributed by atoms with E-state index in [1.165, 1.54) is 20.4 Å². The molecule has 0 radical (unpaired) electrons. The summed E-state index contributed by atoms with van der Waals surface area (Å²) < 4.78 is 36.0. The van der Waals surface area contributed by atoms with Gasteiger partial charge in [0.25, 0.3) is 5.56 Å². The van der Waals surface area contributed by atoms with Gasteiger partial charge in [0.2, 0.25) is 5.91 Å². The summed E-state index contributed by atoms with van der Waals surface area (Å²) in [6.45, 7) is 6.21. The molecule has 1 fully saturated rings. The van der Waals surface area contributed by atoms with Crippen molar-refractivity contribution in [3.05, 3.63) is 68.7 Å². The third-order valence-corrected chi connectivity index (χ3v) is 7.70. The van der Waals surface area contributed by atoms with Crippen molar-refractivity contribution in [3.8, 4) is 16.9 Å². The maximum atomic E-state index is 14.4. The predicted octanol–water partition coefficient (Wildman–Crippen LogP) is 3.85. The van der Waals surface area contributed by atoms with Crippen molar-refractivity contribution in [1.29, 1.82) is 0 Å². The van der Waals surface area contributed by atoms with Gasteiger partial charge in [-0.05, 0) is 51.8 Å². The lowest BCUT2D eigenvalue weighted by atomic mass is 9.98. The fourth-order valence-electron chi connectivity index (χ4n) is 4.94. The Balaban J connectivity index is 1.47. The summed E-state index contributed by atoms with van der Waals surface area (Å²) in [5.74, 6) is -2.12. The van der Waals surface area contributed by atoms with Gasteiger partial charge in [-0.25, -0.2) is 18.4 Å². The maximum absolute atomic E-state index is 14.4. The van der Waals surface area contributed by atoms with Crippen molar-refractivity contribution in [2.45, 2.75) is 40.0 Å². The first-order valence-electron chi connectivity index (χ1n) is 12.6. The SMILES string of the molecule is CCOC(=O)C1CCCN(C(=O)Cc2csc3nc(C)c(-c4cc(C)n(-c5cc(F)ccc5F)n4)c(=O)n23)C1. The molecule has 5 rings (SSSR count). The summed E-state index contributed by atoms with van der Waals surface area (Å²) in [5.41, 5.74) is 1.39. The monoisotopic (exact) mass is 555 g/mol. The quantitative estimate of drug-likeness (QED) is 0.335. The Morgan fingerprint density at radius 3 is 2.77 bits per heavy atom. The highest BCUT2D eigenvalue weighted by Crippen LogP contribution is 2.25. The van der Waals surface area contributed by atoms with E-state index in [-0.39, 0.29) is 54.3 Å². The number of esters is 1. The molecule has 1 saturated heterocycles. The lowest BCUT2D eigenvalue weighted by molar-refractivity contribution is -0.151. The minimum atomic E-state index is -0.655. The molecule has 0 spiro atoms. The molecule has 1 aliphatic heterocycles. The van der Waals surface area contributed by atoms with Crippen LogP contribution in [0.5, 0.6) is 0 Å². The second-order valence-electron chi connectivity index (χ2n) is 9.51. The van der Waals surface area contributed by atoms with E-state index in [1.807, 2.05) is 0 Å². The van der Waals surface area contributed by atoms with Gasteiger partial charge in [0.15, 0.2) is 4.96 Å². The largest absolute Gasteiger partial charge is 0.466 e. The van der Waals surface area contributed by atoms with Crippen LogP contribution in [0, 0.1) is 31.4 Å². The van der Waals surface area contributed by atoms with Crippen molar-refractivity contribution in [2.75, 3.05) is 19.7 Å². The highest BCUT2D eigenvalue weighted by Gasteiger charge is 2.30. The molecule has 39 heavy (non-hydrogen) atoms. The average Bonchev–Trinajstić information content (AvgIpc) is 3.48. The van der Waals surface area contributed by atoms with Gasteiger partial charge < -0.3 is 9.64 Å². The second kappa shape index (κ2) is 10.7. The molecule has 12 heteroatoms. The van der Waals surface area contributed by atoms with Gasteiger partial charge in [-0.15, -0.1) is 11.3 Å². The van der Waals surface area contributed by atoms with Crippen molar-refractivity contribution in [2.24, 2.45) is 5.92 Å². The van der Waals surface area contributed by atoms with Crippen LogP contribution in [0.1, 0.15) is 36.8 Å². The third-order valence-electron chi connectivity index (χ3n) is 6.83. The molecule has 4 heterocycles. The number of hydrogen-bond acceptors (Lipinski definition) is 7. The van der Waals surface area contributed by atoms with Crippen LogP contribution in [-0.2, 0) is 20.7 Å². The number of rotatable bonds is 6. The summed E-state index contributed by atoms with van der Waals surface area (Å²) in [6, 6.07) is 4.69. The zero-order valence-electron chi connectivity index (χ0n) is 21.7. The van der Waals surface area contributed by atoms with Crippen LogP contribution in [0.15, 0.2) is 34.4 Å². The number of hydrogen-bond donors (Lipinski definition) is 0. The first-order chi connectivity index (χ1) is 18.7. The van der Waals surface area contributed by atoms with Crippen molar-refractivity contribution < 1.29 is 23.1 Å². The Bertz CT molecular complexity index is 1640. The van der Waals surface area contributed by atoms with E-state index in [9.17, 15) is 23.2 Å². The molecule has 204 valence electrons. The van der Waals surface area contributed by atoms with Crippen LogP contribution in [-0.4, -0.2) is 55.6 Å². The van der Waals surface area contributed by atoms with Gasteiger partial charge in [-0.1, -0.05) is 0 Å². The summed E-state index contributed by atoms with van der Waals surface area (Å²) in [7, 11) is 0. The molecule has 0 bridgehead atoms. The Morgan fingerprint density at radius 1 is 1.21 bits per heavy atom. The maximum Gasteiger partial charge on any atom is 0.310 e. The zero-order chi connectivity index (χ0) is 27.8. The number of amides is 1. The highest BCUT2D eigenvalue weighted by molar-refractivity contribution is 7.15. The van der Waals surface area contributed by atoms with E-state index >= 15 is 0 Å². The number of thiazole rings is 1. The fourth-order valence-corrected chi connectivity index (χ4v) is 5.86. The molecule has 3 aromatic heterocycles. The van der Waals surface area contributed by atoms with E-state index < -0.39 is 17.2 Å². The normalized spacial score (nSPS) is 15.6. The molecule has 1 aliphatic rings. The molecule has 0 aliphatic carbocycles. The van der Waals surface area contributed by atoms with Crippen LogP contribution in [0.2, 0.25) is 0 Å². The average molecular weight is 556 g/mol. The van der Waals surface area contributed by atoms with Crippen LogP contribution >= 0.6 is 11.3 Å². The van der Waals surface area contributed by atoms with Crippen LogP contribution in [0.4, 0.5) is 8.78 Å². The third kappa shape index (κ3) is 5.08. The number of carbonyl (C=O) groups is 2. The fraction of sp³-hybridized carbons (Fsp3) is 0.370.